The van der Waals surface area contributed by atoms with Gasteiger partial charge in [0.2, 0.25) is 5.91 Å². The lowest BCUT2D eigenvalue weighted by molar-refractivity contribution is -0.143. The van der Waals surface area contributed by atoms with Gasteiger partial charge in [0.05, 0.1) is 31.9 Å². The van der Waals surface area contributed by atoms with E-state index < -0.39 is 47.4 Å². The second kappa shape index (κ2) is 15.4. The summed E-state index contributed by atoms with van der Waals surface area (Å²) in [5.74, 6) is -0.527. The van der Waals surface area contributed by atoms with Crippen LogP contribution in [0, 0.1) is 6.92 Å². The minimum absolute atomic E-state index is 0.0181. The molecule has 0 unspecified atom stereocenters. The van der Waals surface area contributed by atoms with Crippen molar-refractivity contribution in [1.82, 2.24) is 14.7 Å². The Morgan fingerprint density at radius 3 is 2.04 bits per heavy atom. The summed E-state index contributed by atoms with van der Waals surface area (Å²) in [7, 11) is 3.02. The van der Waals surface area contributed by atoms with Crippen molar-refractivity contribution in [2.45, 2.75) is 45.1 Å². The Morgan fingerprint density at radius 1 is 0.851 bits per heavy atom. The minimum atomic E-state index is -5.12. The summed E-state index contributed by atoms with van der Waals surface area (Å²) in [5.41, 5.74) is -2.16. The fourth-order valence-electron chi connectivity index (χ4n) is 5.38. The van der Waals surface area contributed by atoms with Crippen LogP contribution in [0.2, 0.25) is 0 Å². The highest BCUT2D eigenvalue weighted by molar-refractivity contribution is 7.10. The van der Waals surface area contributed by atoms with E-state index in [1.54, 1.807) is 17.0 Å². The molecule has 0 atom stereocenters. The van der Waals surface area contributed by atoms with E-state index in [9.17, 15) is 35.9 Å². The van der Waals surface area contributed by atoms with Crippen molar-refractivity contribution in [3.8, 4) is 11.5 Å². The molecule has 1 fully saturated rings. The Balaban J connectivity index is 1.63. The quantitative estimate of drug-likeness (QED) is 0.183. The van der Waals surface area contributed by atoms with E-state index in [1.807, 2.05) is 29.3 Å². The Kier molecular flexibility index (Phi) is 11.8. The molecule has 1 aliphatic rings. The van der Waals surface area contributed by atoms with E-state index in [2.05, 4.69) is 0 Å². The molecule has 7 nitrogen and oxygen atoms in total. The predicted octanol–water partition coefficient (Wildman–Crippen LogP) is 6.92. The topological polar surface area (TPSA) is 62.3 Å². The van der Waals surface area contributed by atoms with Crippen LogP contribution in [0.15, 0.2) is 47.8 Å². The number of halogens is 6. The maximum absolute atomic E-state index is 13.9. The van der Waals surface area contributed by atoms with Gasteiger partial charge in [-0.05, 0) is 92.2 Å². The number of carbonyl (C=O) groups excluding carboxylic acids is 2. The molecule has 0 N–H and O–H groups in total. The first-order valence-corrected chi connectivity index (χ1v) is 15.9. The van der Waals surface area contributed by atoms with E-state index in [0.717, 1.165) is 46.8 Å². The lowest BCUT2D eigenvalue weighted by atomic mass is 10.0. The van der Waals surface area contributed by atoms with Crippen LogP contribution in [0.3, 0.4) is 0 Å². The summed E-state index contributed by atoms with van der Waals surface area (Å²) in [4.78, 5) is 33.2. The van der Waals surface area contributed by atoms with E-state index in [-0.39, 0.29) is 25.7 Å². The third-order valence-corrected chi connectivity index (χ3v) is 9.11. The second-order valence-corrected chi connectivity index (χ2v) is 12.4. The molecule has 0 spiro atoms. The molecular formula is C33H37F6N3O4S. The van der Waals surface area contributed by atoms with Gasteiger partial charge in [0.15, 0.2) is 11.5 Å². The zero-order chi connectivity index (χ0) is 34.4. The standard InChI is InChI=1S/C33H37F6N3O4S/c1-22-9-15-47-29(22)20-41(12-8-23-6-7-27(45-2)28(16-23)46-3)30(43)21-42(14-13-40-10-4-5-11-40)31(44)24-17-25(32(34,35)36)19-26(18-24)33(37,38)39/h6-7,9,15-19H,4-5,8,10-14,20-21H2,1-3H3. The molecule has 47 heavy (non-hydrogen) atoms. The minimum Gasteiger partial charge on any atom is -0.493 e. The van der Waals surface area contributed by atoms with Gasteiger partial charge in [-0.2, -0.15) is 26.3 Å². The van der Waals surface area contributed by atoms with Crippen LogP contribution < -0.4 is 9.47 Å². The van der Waals surface area contributed by atoms with Crippen LogP contribution in [-0.2, 0) is 30.1 Å². The average Bonchev–Trinajstić information content (AvgIpc) is 3.71. The summed E-state index contributed by atoms with van der Waals surface area (Å²) < 4.78 is 92.4. The maximum atomic E-state index is 13.9. The van der Waals surface area contributed by atoms with E-state index >= 15 is 0 Å². The number of hydrogen-bond acceptors (Lipinski definition) is 6. The molecule has 0 aliphatic carbocycles. The Labute approximate surface area is 273 Å². The molecule has 256 valence electrons. The second-order valence-electron chi connectivity index (χ2n) is 11.4. The summed E-state index contributed by atoms with van der Waals surface area (Å²) in [5, 5.41) is 1.89. The number of aryl methyl sites for hydroxylation is 1. The van der Waals surface area contributed by atoms with Gasteiger partial charge in [-0.3, -0.25) is 9.59 Å². The number of rotatable bonds is 13. The summed E-state index contributed by atoms with van der Waals surface area (Å²) in [6.45, 7) is 3.57. The van der Waals surface area contributed by atoms with E-state index in [4.69, 9.17) is 9.47 Å². The number of hydrogen-bond donors (Lipinski definition) is 0. The molecule has 3 aromatic rings. The molecule has 2 aromatic carbocycles. The number of benzene rings is 2. The third kappa shape index (κ3) is 9.63. The van der Waals surface area contributed by atoms with Gasteiger partial charge in [0.1, 0.15) is 6.54 Å². The monoisotopic (exact) mass is 685 g/mol. The highest BCUT2D eigenvalue weighted by Gasteiger charge is 2.38. The summed E-state index contributed by atoms with van der Waals surface area (Å²) in [6.07, 6.45) is -7.97. The van der Waals surface area contributed by atoms with Crippen molar-refractivity contribution in [2.24, 2.45) is 0 Å². The lowest BCUT2D eigenvalue weighted by Crippen LogP contribution is -2.46. The maximum Gasteiger partial charge on any atom is 0.416 e. The molecule has 1 saturated heterocycles. The molecule has 2 heterocycles. The van der Waals surface area contributed by atoms with Gasteiger partial charge in [-0.15, -0.1) is 11.3 Å². The van der Waals surface area contributed by atoms with Crippen LogP contribution >= 0.6 is 11.3 Å². The lowest BCUT2D eigenvalue weighted by Gasteiger charge is -2.29. The van der Waals surface area contributed by atoms with Gasteiger partial charge in [-0.1, -0.05) is 6.07 Å². The van der Waals surface area contributed by atoms with Crippen molar-refractivity contribution in [3.05, 3.63) is 80.5 Å². The Hall–Kier alpha value is -3.78. The largest absolute Gasteiger partial charge is 0.493 e. The van der Waals surface area contributed by atoms with Crippen LogP contribution in [0.25, 0.3) is 0 Å². The molecule has 0 saturated carbocycles. The van der Waals surface area contributed by atoms with Crippen molar-refractivity contribution in [3.63, 3.8) is 0 Å². The van der Waals surface area contributed by atoms with Crippen molar-refractivity contribution in [2.75, 3.05) is 53.5 Å². The number of methoxy groups -OCH3 is 2. The first-order chi connectivity index (χ1) is 22.2. The zero-order valence-electron chi connectivity index (χ0n) is 26.3. The highest BCUT2D eigenvalue weighted by atomic mass is 32.1. The number of ether oxygens (including phenoxy) is 2. The van der Waals surface area contributed by atoms with Crippen LogP contribution in [0.5, 0.6) is 11.5 Å². The molecule has 4 rings (SSSR count). The van der Waals surface area contributed by atoms with Gasteiger partial charge in [-0.25, -0.2) is 0 Å². The first-order valence-electron chi connectivity index (χ1n) is 15.0. The Bertz CT molecular complexity index is 1500. The first kappa shape index (κ1) is 36.1. The fraction of sp³-hybridized carbons (Fsp3) is 0.455. The summed E-state index contributed by atoms with van der Waals surface area (Å²) in [6, 6.07) is 8.08. The highest BCUT2D eigenvalue weighted by Crippen LogP contribution is 2.36. The molecule has 0 radical (unpaired) electrons. The number of likely N-dealkylation sites (tertiary alicyclic amines) is 1. The number of amides is 2. The number of alkyl halides is 6. The number of carbonyl (C=O) groups is 2. The van der Waals surface area contributed by atoms with Crippen molar-refractivity contribution < 1.29 is 45.4 Å². The summed E-state index contributed by atoms with van der Waals surface area (Å²) >= 11 is 1.45. The molecule has 1 aromatic heterocycles. The molecule has 2 amide bonds. The van der Waals surface area contributed by atoms with Gasteiger partial charge in [0.25, 0.3) is 5.91 Å². The number of thiophene rings is 1. The third-order valence-electron chi connectivity index (χ3n) is 8.11. The van der Waals surface area contributed by atoms with Crippen molar-refractivity contribution in [1.29, 1.82) is 0 Å². The molecule has 1 aliphatic heterocycles. The SMILES string of the molecule is COc1ccc(CCN(Cc2sccc2C)C(=O)CN(CCN2CCCC2)C(=O)c2cc(C(F)(F)F)cc(C(F)(F)F)c2)cc1OC. The smallest absolute Gasteiger partial charge is 0.416 e. The average molecular weight is 686 g/mol. The zero-order valence-corrected chi connectivity index (χ0v) is 27.2. The van der Waals surface area contributed by atoms with Crippen LogP contribution in [0.1, 0.15) is 50.3 Å². The van der Waals surface area contributed by atoms with E-state index in [1.165, 1.54) is 25.6 Å². The molecule has 14 heteroatoms. The van der Waals surface area contributed by atoms with Crippen LogP contribution in [0.4, 0.5) is 26.3 Å². The Morgan fingerprint density at radius 2 is 1.49 bits per heavy atom. The molecular weight excluding hydrogens is 648 g/mol. The number of nitrogens with zero attached hydrogens (tertiary/aromatic N) is 3. The van der Waals surface area contributed by atoms with Gasteiger partial charge in [0, 0.05) is 30.1 Å². The van der Waals surface area contributed by atoms with Gasteiger partial charge >= 0.3 is 12.4 Å². The predicted molar refractivity (Wildman–Crippen MR) is 166 cm³/mol. The van der Waals surface area contributed by atoms with Crippen molar-refractivity contribution >= 4 is 23.2 Å². The fourth-order valence-corrected chi connectivity index (χ4v) is 6.30. The molecule has 0 bridgehead atoms. The normalized spacial score (nSPS) is 13.9. The van der Waals surface area contributed by atoms with Crippen LogP contribution in [-0.4, -0.2) is 80.0 Å². The van der Waals surface area contributed by atoms with E-state index in [0.29, 0.717) is 36.6 Å². The van der Waals surface area contributed by atoms with Gasteiger partial charge < -0.3 is 24.2 Å².